The topological polar surface area (TPSA) is 56.4 Å². The van der Waals surface area contributed by atoms with E-state index in [9.17, 15) is 4.79 Å². The van der Waals surface area contributed by atoms with E-state index in [1.54, 1.807) is 4.90 Å². The van der Waals surface area contributed by atoms with Gasteiger partial charge in [0.05, 0.1) is 6.61 Å². The smallest absolute Gasteiger partial charge is 0.275 e. The highest BCUT2D eigenvalue weighted by molar-refractivity contribution is 5.77. The van der Waals surface area contributed by atoms with Crippen LogP contribution in [0, 0.1) is 0 Å². The Morgan fingerprint density at radius 3 is 2.08 bits per heavy atom. The Morgan fingerprint density at radius 1 is 1.00 bits per heavy atom. The average molecular weight is 366 g/mol. The van der Waals surface area contributed by atoms with Crippen molar-refractivity contribution in [3.05, 3.63) is 24.3 Å². The summed E-state index contributed by atoms with van der Waals surface area (Å²) < 4.78 is 11.3. The quantitative estimate of drug-likeness (QED) is 0.563. The van der Waals surface area contributed by atoms with Crippen LogP contribution in [-0.4, -0.2) is 63.9 Å². The molecule has 0 atom stereocenters. The van der Waals surface area contributed by atoms with Crippen LogP contribution in [0.1, 0.15) is 27.7 Å². The lowest BCUT2D eigenvalue weighted by Crippen LogP contribution is -3.28. The van der Waals surface area contributed by atoms with Gasteiger partial charge in [0.1, 0.15) is 50.8 Å². The van der Waals surface area contributed by atoms with Gasteiger partial charge in [0.15, 0.2) is 6.54 Å². The predicted molar refractivity (Wildman–Crippen MR) is 102 cm³/mol. The molecule has 1 aliphatic heterocycles. The van der Waals surface area contributed by atoms with Gasteiger partial charge in [-0.25, -0.2) is 0 Å². The second-order valence-corrected chi connectivity index (χ2v) is 7.98. The zero-order valence-electron chi connectivity index (χ0n) is 16.7. The van der Waals surface area contributed by atoms with Crippen molar-refractivity contribution in [3.63, 3.8) is 0 Å². The zero-order chi connectivity index (χ0) is 19.0. The molecule has 1 heterocycles. The van der Waals surface area contributed by atoms with Crippen LogP contribution in [0.3, 0.4) is 0 Å². The summed E-state index contributed by atoms with van der Waals surface area (Å²) in [5.41, 5.74) is -0.151. The fourth-order valence-electron chi connectivity index (χ4n) is 3.19. The van der Waals surface area contributed by atoms with Gasteiger partial charge in [0, 0.05) is 5.54 Å². The number of benzene rings is 1. The summed E-state index contributed by atoms with van der Waals surface area (Å²) >= 11 is 0. The first-order valence-corrected chi connectivity index (χ1v) is 9.69. The fraction of sp³-hybridized carbons (Fsp3) is 0.650. The van der Waals surface area contributed by atoms with Crippen LogP contribution >= 0.6 is 0 Å². The van der Waals surface area contributed by atoms with Crippen molar-refractivity contribution in [2.75, 3.05) is 52.5 Å². The number of hydrogen-bond donors (Lipinski definition) is 3. The Labute approximate surface area is 157 Å². The molecule has 0 spiro atoms. The number of ether oxygens (including phenoxy) is 2. The molecule has 0 aliphatic carbocycles. The van der Waals surface area contributed by atoms with Crippen LogP contribution in [0.2, 0.25) is 0 Å². The maximum atomic E-state index is 12.0. The predicted octanol–water partition coefficient (Wildman–Crippen LogP) is -0.838. The van der Waals surface area contributed by atoms with E-state index in [1.165, 1.54) is 4.90 Å². The van der Waals surface area contributed by atoms with Gasteiger partial charge in [-0.05, 0) is 52.0 Å². The molecular formula is C20H35N3O3+2. The van der Waals surface area contributed by atoms with Gasteiger partial charge in [0.2, 0.25) is 0 Å². The van der Waals surface area contributed by atoms with Crippen LogP contribution in [0.4, 0.5) is 0 Å². The molecule has 0 unspecified atom stereocenters. The SMILES string of the molecule is CCOc1ccc(OCC[NH+]2CC[NH+](CC(=O)NC(C)(C)C)CC2)cc1. The molecule has 1 aromatic rings. The van der Waals surface area contributed by atoms with E-state index in [1.807, 2.05) is 52.0 Å². The number of piperazine rings is 1. The molecule has 146 valence electrons. The van der Waals surface area contributed by atoms with E-state index in [2.05, 4.69) is 5.32 Å². The summed E-state index contributed by atoms with van der Waals surface area (Å²) in [5.74, 6) is 1.91. The van der Waals surface area contributed by atoms with Crippen LogP contribution in [-0.2, 0) is 4.79 Å². The summed E-state index contributed by atoms with van der Waals surface area (Å²) in [5, 5.41) is 3.05. The monoisotopic (exact) mass is 365 g/mol. The van der Waals surface area contributed by atoms with Gasteiger partial charge in [-0.1, -0.05) is 0 Å². The van der Waals surface area contributed by atoms with Gasteiger partial charge in [0.25, 0.3) is 5.91 Å². The van der Waals surface area contributed by atoms with Gasteiger partial charge < -0.3 is 24.6 Å². The third-order valence-corrected chi connectivity index (χ3v) is 4.45. The Morgan fingerprint density at radius 2 is 1.54 bits per heavy atom. The maximum Gasteiger partial charge on any atom is 0.275 e. The molecule has 1 aromatic carbocycles. The van der Waals surface area contributed by atoms with Crippen molar-refractivity contribution in [3.8, 4) is 11.5 Å². The first-order valence-electron chi connectivity index (χ1n) is 9.69. The third kappa shape index (κ3) is 7.62. The Kier molecular flexibility index (Phi) is 7.72. The van der Waals surface area contributed by atoms with Crippen LogP contribution in [0.5, 0.6) is 11.5 Å². The fourth-order valence-corrected chi connectivity index (χ4v) is 3.19. The number of amides is 1. The van der Waals surface area contributed by atoms with Crippen LogP contribution in [0.25, 0.3) is 0 Å². The van der Waals surface area contributed by atoms with Gasteiger partial charge >= 0.3 is 0 Å². The molecule has 0 saturated carbocycles. The van der Waals surface area contributed by atoms with Crippen molar-refractivity contribution in [2.45, 2.75) is 33.2 Å². The largest absolute Gasteiger partial charge is 0.494 e. The van der Waals surface area contributed by atoms with Crippen LogP contribution in [0.15, 0.2) is 24.3 Å². The van der Waals surface area contributed by atoms with Crippen molar-refractivity contribution < 1.29 is 24.1 Å². The molecule has 6 nitrogen and oxygen atoms in total. The number of hydrogen-bond acceptors (Lipinski definition) is 3. The second-order valence-electron chi connectivity index (χ2n) is 7.98. The van der Waals surface area contributed by atoms with Gasteiger partial charge in [-0.3, -0.25) is 4.79 Å². The first-order chi connectivity index (χ1) is 12.4. The Balaban J connectivity index is 1.62. The van der Waals surface area contributed by atoms with E-state index in [4.69, 9.17) is 9.47 Å². The number of carbonyl (C=O) groups is 1. The minimum Gasteiger partial charge on any atom is -0.494 e. The van der Waals surface area contributed by atoms with E-state index in [0.29, 0.717) is 19.8 Å². The standard InChI is InChI=1S/C20H33N3O3/c1-5-25-17-6-8-18(9-7-17)26-15-14-22-10-12-23(13-11-22)16-19(24)21-20(2,3)4/h6-9H,5,10-16H2,1-4H3,(H,21,24)/p+2. The molecule has 1 saturated heterocycles. The Hall–Kier alpha value is -1.79. The molecule has 1 fully saturated rings. The number of nitrogens with one attached hydrogen (secondary N) is 3. The summed E-state index contributed by atoms with van der Waals surface area (Å²) in [6.07, 6.45) is 0. The lowest BCUT2D eigenvalue weighted by Gasteiger charge is -2.30. The normalized spacial score (nSPS) is 20.5. The van der Waals surface area contributed by atoms with Crippen LogP contribution < -0.4 is 24.6 Å². The number of quaternary nitrogens is 2. The molecule has 0 radical (unpaired) electrons. The first kappa shape index (κ1) is 20.5. The molecule has 3 N–H and O–H groups in total. The summed E-state index contributed by atoms with van der Waals surface area (Å²) in [4.78, 5) is 15.0. The zero-order valence-corrected chi connectivity index (χ0v) is 16.7. The van der Waals surface area contributed by atoms with Crippen molar-refractivity contribution in [1.82, 2.24) is 5.32 Å². The molecule has 6 heteroatoms. The van der Waals surface area contributed by atoms with E-state index >= 15 is 0 Å². The molecule has 0 aromatic heterocycles. The van der Waals surface area contributed by atoms with Crippen molar-refractivity contribution in [2.24, 2.45) is 0 Å². The lowest BCUT2D eigenvalue weighted by molar-refractivity contribution is -1.01. The van der Waals surface area contributed by atoms with E-state index in [0.717, 1.165) is 44.2 Å². The van der Waals surface area contributed by atoms with E-state index in [-0.39, 0.29) is 11.4 Å². The second kappa shape index (κ2) is 9.78. The lowest BCUT2D eigenvalue weighted by atomic mass is 10.1. The molecule has 2 rings (SSSR count). The minimum absolute atomic E-state index is 0.148. The van der Waals surface area contributed by atoms with E-state index < -0.39 is 0 Å². The molecule has 0 bridgehead atoms. The molecule has 1 amide bonds. The average Bonchev–Trinajstić information content (AvgIpc) is 2.56. The highest BCUT2D eigenvalue weighted by Gasteiger charge is 2.25. The highest BCUT2D eigenvalue weighted by Crippen LogP contribution is 2.17. The molecular weight excluding hydrogens is 330 g/mol. The van der Waals surface area contributed by atoms with Gasteiger partial charge in [-0.2, -0.15) is 0 Å². The summed E-state index contributed by atoms with van der Waals surface area (Å²) in [6.45, 7) is 15.2. The molecule has 26 heavy (non-hydrogen) atoms. The van der Waals surface area contributed by atoms with Gasteiger partial charge in [-0.15, -0.1) is 0 Å². The minimum atomic E-state index is -0.151. The highest BCUT2D eigenvalue weighted by atomic mass is 16.5. The van der Waals surface area contributed by atoms with Crippen molar-refractivity contribution in [1.29, 1.82) is 0 Å². The maximum absolute atomic E-state index is 12.0. The van der Waals surface area contributed by atoms with Crippen molar-refractivity contribution >= 4 is 5.91 Å². The Bertz CT molecular complexity index is 546. The summed E-state index contributed by atoms with van der Waals surface area (Å²) in [6, 6.07) is 7.79. The number of carbonyl (C=O) groups excluding carboxylic acids is 1. The summed E-state index contributed by atoms with van der Waals surface area (Å²) in [7, 11) is 0. The molecule has 1 aliphatic rings. The third-order valence-electron chi connectivity index (χ3n) is 4.45. The number of rotatable bonds is 8.